The average Bonchev–Trinajstić information content (AvgIpc) is 2.70. The van der Waals surface area contributed by atoms with Crippen LogP contribution in [-0.2, 0) is 0 Å². The minimum Gasteiger partial charge on any atom is -0.372 e. The van der Waals surface area contributed by atoms with Crippen LogP contribution >= 0.6 is 0 Å². The van der Waals surface area contributed by atoms with Gasteiger partial charge in [-0.05, 0) is 63.1 Å². The number of anilines is 3. The molecule has 1 aromatic heterocycles. The quantitative estimate of drug-likeness (QED) is 0.654. The van der Waals surface area contributed by atoms with Gasteiger partial charge in [-0.15, -0.1) is 0 Å². The number of nitrogens with one attached hydrogen (secondary N) is 1. The molecule has 0 aliphatic heterocycles. The maximum absolute atomic E-state index is 12.5. The van der Waals surface area contributed by atoms with E-state index in [4.69, 9.17) is 0 Å². The third-order valence-electron chi connectivity index (χ3n) is 4.59. The fourth-order valence-electron chi connectivity index (χ4n) is 3.16. The molecule has 0 fully saturated rings. The van der Waals surface area contributed by atoms with Gasteiger partial charge in [0, 0.05) is 37.6 Å². The van der Waals surface area contributed by atoms with E-state index in [2.05, 4.69) is 47.8 Å². The molecular weight excluding hydrogens is 336 g/mol. The van der Waals surface area contributed by atoms with Crippen molar-refractivity contribution in [1.82, 2.24) is 4.98 Å². The van der Waals surface area contributed by atoms with Crippen LogP contribution in [0.3, 0.4) is 0 Å². The molecule has 1 aromatic carbocycles. The van der Waals surface area contributed by atoms with Gasteiger partial charge in [0.1, 0.15) is 5.69 Å². The Bertz CT molecular complexity index is 687. The van der Waals surface area contributed by atoms with Crippen molar-refractivity contribution in [1.29, 1.82) is 0 Å². The molecule has 0 radical (unpaired) electrons. The fraction of sp³-hybridized carbons (Fsp3) is 0.455. The molecule has 1 amide bonds. The fourth-order valence-corrected chi connectivity index (χ4v) is 3.16. The zero-order valence-corrected chi connectivity index (χ0v) is 17.0. The summed E-state index contributed by atoms with van der Waals surface area (Å²) in [6.45, 7) is 12.5. The van der Waals surface area contributed by atoms with Crippen molar-refractivity contribution in [2.45, 2.75) is 40.5 Å². The summed E-state index contributed by atoms with van der Waals surface area (Å²) in [6.07, 6.45) is 3.97. The lowest BCUT2D eigenvalue weighted by atomic mass is 10.2. The Morgan fingerprint density at radius 1 is 0.852 bits per heavy atom. The Morgan fingerprint density at radius 2 is 1.44 bits per heavy atom. The smallest absolute Gasteiger partial charge is 0.274 e. The third kappa shape index (κ3) is 5.71. The standard InChI is InChI=1S/C22H32N4O/c1-5-15-26(16-6-2)20-13-14-21(23-17-20)22(27)24-18-9-11-19(12-10-18)25(7-3)8-4/h9-14,17H,5-8,15-16H2,1-4H3,(H,24,27). The normalized spacial score (nSPS) is 10.5. The lowest BCUT2D eigenvalue weighted by Gasteiger charge is -2.23. The largest absolute Gasteiger partial charge is 0.372 e. The van der Waals surface area contributed by atoms with Gasteiger partial charge >= 0.3 is 0 Å². The summed E-state index contributed by atoms with van der Waals surface area (Å²) in [7, 11) is 0. The van der Waals surface area contributed by atoms with Crippen LogP contribution in [0.5, 0.6) is 0 Å². The highest BCUT2D eigenvalue weighted by Crippen LogP contribution is 2.19. The SMILES string of the molecule is CCCN(CCC)c1ccc(C(=O)Nc2ccc(N(CC)CC)cc2)nc1. The summed E-state index contributed by atoms with van der Waals surface area (Å²) >= 11 is 0. The van der Waals surface area contributed by atoms with E-state index >= 15 is 0 Å². The van der Waals surface area contributed by atoms with E-state index in [1.807, 2.05) is 30.3 Å². The number of hydrogen-bond acceptors (Lipinski definition) is 4. The minimum atomic E-state index is -0.185. The number of pyridine rings is 1. The van der Waals surface area contributed by atoms with Crippen molar-refractivity contribution < 1.29 is 4.79 Å². The predicted octanol–water partition coefficient (Wildman–Crippen LogP) is 4.81. The maximum atomic E-state index is 12.5. The van der Waals surface area contributed by atoms with Crippen LogP contribution in [0.1, 0.15) is 51.0 Å². The van der Waals surface area contributed by atoms with Gasteiger partial charge in [0.25, 0.3) is 5.91 Å². The van der Waals surface area contributed by atoms with Gasteiger partial charge in [0.15, 0.2) is 0 Å². The Hall–Kier alpha value is -2.56. The molecule has 1 heterocycles. The highest BCUT2D eigenvalue weighted by molar-refractivity contribution is 6.03. The van der Waals surface area contributed by atoms with Gasteiger partial charge in [-0.25, -0.2) is 4.98 Å². The number of rotatable bonds is 10. The van der Waals surface area contributed by atoms with Crippen molar-refractivity contribution in [2.75, 3.05) is 41.3 Å². The second kappa shape index (κ2) is 10.6. The Balaban J connectivity index is 2.03. The van der Waals surface area contributed by atoms with Crippen molar-refractivity contribution in [3.05, 3.63) is 48.3 Å². The number of aromatic nitrogens is 1. The summed E-state index contributed by atoms with van der Waals surface area (Å²) in [5, 5.41) is 2.93. The van der Waals surface area contributed by atoms with Crippen molar-refractivity contribution in [3.8, 4) is 0 Å². The summed E-state index contributed by atoms with van der Waals surface area (Å²) in [6, 6.07) is 11.7. The molecular formula is C22H32N4O. The van der Waals surface area contributed by atoms with Crippen LogP contribution < -0.4 is 15.1 Å². The lowest BCUT2D eigenvalue weighted by Crippen LogP contribution is -2.25. The lowest BCUT2D eigenvalue weighted by molar-refractivity contribution is 0.102. The molecule has 2 aromatic rings. The zero-order chi connectivity index (χ0) is 19.6. The molecule has 5 nitrogen and oxygen atoms in total. The summed E-state index contributed by atoms with van der Waals surface area (Å²) in [5.41, 5.74) is 3.44. The van der Waals surface area contributed by atoms with Gasteiger partial charge in [0.2, 0.25) is 0 Å². The summed E-state index contributed by atoms with van der Waals surface area (Å²) < 4.78 is 0. The van der Waals surface area contributed by atoms with E-state index in [-0.39, 0.29) is 5.91 Å². The topological polar surface area (TPSA) is 48.5 Å². The number of carbonyl (C=O) groups is 1. The summed E-state index contributed by atoms with van der Waals surface area (Å²) in [4.78, 5) is 21.4. The van der Waals surface area contributed by atoms with Crippen molar-refractivity contribution in [2.24, 2.45) is 0 Å². The van der Waals surface area contributed by atoms with Gasteiger partial charge in [-0.3, -0.25) is 4.79 Å². The molecule has 5 heteroatoms. The molecule has 0 aliphatic rings. The molecule has 0 saturated heterocycles. The molecule has 0 bridgehead atoms. The zero-order valence-electron chi connectivity index (χ0n) is 17.0. The van der Waals surface area contributed by atoms with E-state index in [9.17, 15) is 4.79 Å². The van der Waals surface area contributed by atoms with Crippen LogP contribution in [0, 0.1) is 0 Å². The maximum Gasteiger partial charge on any atom is 0.274 e. The number of carbonyl (C=O) groups excluding carboxylic acids is 1. The highest BCUT2D eigenvalue weighted by Gasteiger charge is 2.10. The van der Waals surface area contributed by atoms with Gasteiger partial charge in [-0.1, -0.05) is 13.8 Å². The first-order valence-electron chi connectivity index (χ1n) is 10.00. The van der Waals surface area contributed by atoms with E-state index in [1.165, 1.54) is 0 Å². The molecule has 0 aliphatic carbocycles. The average molecular weight is 369 g/mol. The number of benzene rings is 1. The molecule has 0 saturated carbocycles. The first-order chi connectivity index (χ1) is 13.1. The van der Waals surface area contributed by atoms with Crippen LogP contribution in [-0.4, -0.2) is 37.1 Å². The molecule has 0 atom stereocenters. The van der Waals surface area contributed by atoms with E-state index in [0.717, 1.165) is 56.1 Å². The first-order valence-corrected chi connectivity index (χ1v) is 10.00. The van der Waals surface area contributed by atoms with Crippen LogP contribution in [0.2, 0.25) is 0 Å². The van der Waals surface area contributed by atoms with E-state index in [0.29, 0.717) is 5.69 Å². The summed E-state index contributed by atoms with van der Waals surface area (Å²) in [5.74, 6) is -0.185. The monoisotopic (exact) mass is 368 g/mol. The Labute approximate surface area is 163 Å². The van der Waals surface area contributed by atoms with Gasteiger partial charge in [0.05, 0.1) is 11.9 Å². The molecule has 1 N–H and O–H groups in total. The van der Waals surface area contributed by atoms with Crippen molar-refractivity contribution >= 4 is 23.0 Å². The molecule has 0 spiro atoms. The molecule has 0 unspecified atom stereocenters. The highest BCUT2D eigenvalue weighted by atomic mass is 16.1. The second-order valence-corrected chi connectivity index (χ2v) is 6.56. The number of amides is 1. The first kappa shape index (κ1) is 20.7. The Kier molecular flexibility index (Phi) is 8.11. The van der Waals surface area contributed by atoms with Crippen molar-refractivity contribution in [3.63, 3.8) is 0 Å². The van der Waals surface area contributed by atoms with Gasteiger partial charge in [-0.2, -0.15) is 0 Å². The second-order valence-electron chi connectivity index (χ2n) is 6.56. The molecule has 146 valence electrons. The Morgan fingerprint density at radius 3 is 1.93 bits per heavy atom. The number of hydrogen-bond donors (Lipinski definition) is 1. The molecule has 2 rings (SSSR count). The van der Waals surface area contributed by atoms with E-state index < -0.39 is 0 Å². The van der Waals surface area contributed by atoms with Gasteiger partial charge < -0.3 is 15.1 Å². The molecule has 27 heavy (non-hydrogen) atoms. The van der Waals surface area contributed by atoms with Crippen LogP contribution in [0.4, 0.5) is 17.1 Å². The predicted molar refractivity (Wildman–Crippen MR) is 115 cm³/mol. The van der Waals surface area contributed by atoms with Crippen LogP contribution in [0.25, 0.3) is 0 Å². The van der Waals surface area contributed by atoms with Crippen LogP contribution in [0.15, 0.2) is 42.6 Å². The number of nitrogens with zero attached hydrogens (tertiary/aromatic N) is 3. The van der Waals surface area contributed by atoms with E-state index in [1.54, 1.807) is 12.3 Å². The third-order valence-corrected chi connectivity index (χ3v) is 4.59. The minimum absolute atomic E-state index is 0.185.